The van der Waals surface area contributed by atoms with Crippen LogP contribution in [0.3, 0.4) is 0 Å². The summed E-state index contributed by atoms with van der Waals surface area (Å²) in [5.41, 5.74) is 1.39. The first-order valence-electron chi connectivity index (χ1n) is 8.86. The third-order valence-electron chi connectivity index (χ3n) is 4.26. The minimum Gasteiger partial charge on any atom is -0.494 e. The van der Waals surface area contributed by atoms with Crippen molar-refractivity contribution in [3.8, 4) is 5.75 Å². The van der Waals surface area contributed by atoms with Crippen LogP contribution < -0.4 is 4.74 Å². The molecule has 0 saturated carbocycles. The average molecular weight is 373 g/mol. The third-order valence-corrected chi connectivity index (χ3v) is 4.26. The maximum atomic E-state index is 14.2. The van der Waals surface area contributed by atoms with E-state index in [4.69, 9.17) is 9.84 Å². The van der Waals surface area contributed by atoms with E-state index in [9.17, 15) is 14.0 Å². The number of rotatable bonds is 10. The molecule has 27 heavy (non-hydrogen) atoms. The van der Waals surface area contributed by atoms with E-state index < -0.39 is 11.8 Å². The molecule has 2 rings (SSSR count). The van der Waals surface area contributed by atoms with Crippen molar-refractivity contribution in [3.63, 3.8) is 0 Å². The largest absolute Gasteiger partial charge is 0.494 e. The minimum atomic E-state index is -0.888. The van der Waals surface area contributed by atoms with Gasteiger partial charge in [-0.2, -0.15) is 0 Å². The van der Waals surface area contributed by atoms with Crippen LogP contribution in [-0.2, 0) is 22.6 Å². The summed E-state index contributed by atoms with van der Waals surface area (Å²) in [6.07, 6.45) is 0.778. The highest BCUT2D eigenvalue weighted by molar-refractivity contribution is 5.76. The van der Waals surface area contributed by atoms with Crippen LogP contribution in [0, 0.1) is 5.82 Å². The van der Waals surface area contributed by atoms with E-state index in [0.29, 0.717) is 25.1 Å². The molecule has 0 saturated heterocycles. The van der Waals surface area contributed by atoms with E-state index in [1.54, 1.807) is 17.0 Å². The Labute approximate surface area is 158 Å². The molecule has 0 radical (unpaired) electrons. The highest BCUT2D eigenvalue weighted by Crippen LogP contribution is 2.21. The highest BCUT2D eigenvalue weighted by atomic mass is 19.1. The number of aliphatic carboxylic acids is 1. The summed E-state index contributed by atoms with van der Waals surface area (Å²) in [4.78, 5) is 25.1. The van der Waals surface area contributed by atoms with Crippen molar-refractivity contribution in [2.75, 3.05) is 13.7 Å². The molecule has 2 aromatic rings. The Hall–Kier alpha value is -2.89. The van der Waals surface area contributed by atoms with Crippen molar-refractivity contribution in [3.05, 3.63) is 65.5 Å². The molecule has 0 aliphatic carbocycles. The summed E-state index contributed by atoms with van der Waals surface area (Å²) in [5, 5.41) is 8.83. The highest BCUT2D eigenvalue weighted by Gasteiger charge is 2.16. The molecule has 0 aliphatic rings. The van der Waals surface area contributed by atoms with Gasteiger partial charge in [-0.05, 0) is 30.0 Å². The quantitative estimate of drug-likeness (QED) is 0.690. The fourth-order valence-electron chi connectivity index (χ4n) is 2.82. The SMILES string of the molecule is COc1cccc(CCC(=O)N(CCCC(=O)O)Cc2ccccc2)c1F. The van der Waals surface area contributed by atoms with Gasteiger partial charge in [0.25, 0.3) is 0 Å². The number of ether oxygens (including phenoxy) is 1. The van der Waals surface area contributed by atoms with E-state index >= 15 is 0 Å². The van der Waals surface area contributed by atoms with Gasteiger partial charge in [0.1, 0.15) is 0 Å². The number of carbonyl (C=O) groups excluding carboxylic acids is 1. The van der Waals surface area contributed by atoms with Crippen LogP contribution in [0.2, 0.25) is 0 Å². The van der Waals surface area contributed by atoms with Gasteiger partial charge in [0.15, 0.2) is 11.6 Å². The molecule has 0 atom stereocenters. The molecule has 5 nitrogen and oxygen atoms in total. The van der Waals surface area contributed by atoms with Crippen molar-refractivity contribution >= 4 is 11.9 Å². The van der Waals surface area contributed by atoms with Crippen LogP contribution in [0.1, 0.15) is 30.4 Å². The van der Waals surface area contributed by atoms with Gasteiger partial charge in [-0.25, -0.2) is 4.39 Å². The van der Waals surface area contributed by atoms with Crippen LogP contribution in [0.5, 0.6) is 5.75 Å². The summed E-state index contributed by atoms with van der Waals surface area (Å²) >= 11 is 0. The summed E-state index contributed by atoms with van der Waals surface area (Å²) < 4.78 is 19.2. The molecule has 0 fully saturated rings. The van der Waals surface area contributed by atoms with Gasteiger partial charge < -0.3 is 14.7 Å². The summed E-state index contributed by atoms with van der Waals surface area (Å²) in [6, 6.07) is 14.4. The lowest BCUT2D eigenvalue weighted by atomic mass is 10.1. The summed E-state index contributed by atoms with van der Waals surface area (Å²) in [5.74, 6) is -1.32. The van der Waals surface area contributed by atoms with Crippen LogP contribution in [0.25, 0.3) is 0 Å². The van der Waals surface area contributed by atoms with Gasteiger partial charge in [0.2, 0.25) is 5.91 Å². The topological polar surface area (TPSA) is 66.8 Å². The molecule has 144 valence electrons. The van der Waals surface area contributed by atoms with Crippen molar-refractivity contribution in [1.29, 1.82) is 0 Å². The Kier molecular flexibility index (Phi) is 7.79. The Morgan fingerprint density at radius 1 is 1.07 bits per heavy atom. The zero-order chi connectivity index (χ0) is 19.6. The fourth-order valence-corrected chi connectivity index (χ4v) is 2.82. The van der Waals surface area contributed by atoms with Crippen molar-refractivity contribution in [2.45, 2.75) is 32.2 Å². The number of carbonyl (C=O) groups is 2. The molecule has 0 aromatic heterocycles. The molecule has 1 amide bonds. The first kappa shape index (κ1) is 20.4. The number of methoxy groups -OCH3 is 1. The predicted molar refractivity (Wildman–Crippen MR) is 100 cm³/mol. The lowest BCUT2D eigenvalue weighted by molar-refractivity contribution is -0.138. The van der Waals surface area contributed by atoms with Gasteiger partial charge in [-0.3, -0.25) is 9.59 Å². The number of halogens is 1. The maximum absolute atomic E-state index is 14.2. The van der Waals surface area contributed by atoms with Crippen LogP contribution in [0.4, 0.5) is 4.39 Å². The minimum absolute atomic E-state index is 0.00306. The Morgan fingerprint density at radius 3 is 2.48 bits per heavy atom. The maximum Gasteiger partial charge on any atom is 0.303 e. The van der Waals surface area contributed by atoms with Gasteiger partial charge in [0, 0.05) is 25.9 Å². The van der Waals surface area contributed by atoms with Crippen LogP contribution >= 0.6 is 0 Å². The van der Waals surface area contributed by atoms with Crippen molar-refractivity contribution in [2.24, 2.45) is 0 Å². The monoisotopic (exact) mass is 373 g/mol. The summed E-state index contributed by atoms with van der Waals surface area (Å²) in [6.45, 7) is 0.751. The molecular formula is C21H24FNO4. The van der Waals surface area contributed by atoms with Crippen LogP contribution in [-0.4, -0.2) is 35.5 Å². The van der Waals surface area contributed by atoms with Gasteiger partial charge in [-0.1, -0.05) is 42.5 Å². The molecule has 0 aliphatic heterocycles. The first-order chi connectivity index (χ1) is 13.0. The van der Waals surface area contributed by atoms with Gasteiger partial charge >= 0.3 is 5.97 Å². The van der Waals surface area contributed by atoms with E-state index in [0.717, 1.165) is 5.56 Å². The van der Waals surface area contributed by atoms with Crippen molar-refractivity contribution < 1.29 is 23.8 Å². The lowest BCUT2D eigenvalue weighted by Gasteiger charge is -2.23. The number of benzene rings is 2. The van der Waals surface area contributed by atoms with E-state index in [1.807, 2.05) is 30.3 Å². The smallest absolute Gasteiger partial charge is 0.303 e. The third kappa shape index (κ3) is 6.40. The number of carboxylic acids is 1. The molecule has 1 N–H and O–H groups in total. The Morgan fingerprint density at radius 2 is 1.81 bits per heavy atom. The van der Waals surface area contributed by atoms with Crippen LogP contribution in [0.15, 0.2) is 48.5 Å². The number of aryl methyl sites for hydroxylation is 1. The second kappa shape index (κ2) is 10.3. The molecule has 0 heterocycles. The zero-order valence-electron chi connectivity index (χ0n) is 15.4. The van der Waals surface area contributed by atoms with E-state index in [-0.39, 0.29) is 30.9 Å². The number of hydrogen-bond acceptors (Lipinski definition) is 3. The van der Waals surface area contributed by atoms with Gasteiger partial charge in [0.05, 0.1) is 7.11 Å². The molecular weight excluding hydrogens is 349 g/mol. The Bertz CT molecular complexity index is 764. The van der Waals surface area contributed by atoms with Gasteiger partial charge in [-0.15, -0.1) is 0 Å². The lowest BCUT2D eigenvalue weighted by Crippen LogP contribution is -2.32. The predicted octanol–water partition coefficient (Wildman–Crippen LogP) is 3.66. The zero-order valence-corrected chi connectivity index (χ0v) is 15.4. The molecule has 0 bridgehead atoms. The summed E-state index contributed by atoms with van der Waals surface area (Å²) in [7, 11) is 1.40. The number of hydrogen-bond donors (Lipinski definition) is 1. The number of amides is 1. The normalized spacial score (nSPS) is 10.4. The van der Waals surface area contributed by atoms with E-state index in [1.165, 1.54) is 13.2 Å². The Balaban J connectivity index is 2.02. The molecule has 0 spiro atoms. The first-order valence-corrected chi connectivity index (χ1v) is 8.86. The second-order valence-electron chi connectivity index (χ2n) is 6.23. The fraction of sp³-hybridized carbons (Fsp3) is 0.333. The molecule has 6 heteroatoms. The second-order valence-corrected chi connectivity index (χ2v) is 6.23. The molecule has 2 aromatic carbocycles. The standard InChI is InChI=1S/C21H24FNO4/c1-27-18-10-5-9-17(21(18)22)12-13-19(24)23(14-6-11-20(25)26)15-16-7-3-2-4-8-16/h2-5,7-10H,6,11-15H2,1H3,(H,25,26). The number of nitrogens with zero attached hydrogens (tertiary/aromatic N) is 1. The molecule has 0 unspecified atom stereocenters. The average Bonchev–Trinajstić information content (AvgIpc) is 2.66. The van der Waals surface area contributed by atoms with Crippen molar-refractivity contribution in [1.82, 2.24) is 4.90 Å². The number of carboxylic acid groups (broad SMARTS) is 1. The van der Waals surface area contributed by atoms with E-state index in [2.05, 4.69) is 0 Å².